The number of carbonyl (C=O) groups excluding carboxylic acids is 2. The molecule has 24 heavy (non-hydrogen) atoms. The summed E-state index contributed by atoms with van der Waals surface area (Å²) in [5.74, 6) is -2.13. The molecule has 0 radical (unpaired) electrons. The molecule has 0 aromatic heterocycles. The van der Waals surface area contributed by atoms with Gasteiger partial charge in [-0.05, 0) is 13.0 Å². The van der Waals surface area contributed by atoms with Crippen molar-refractivity contribution in [2.45, 2.75) is 36.8 Å². The molecule has 0 bridgehead atoms. The first kappa shape index (κ1) is 19.3. The van der Waals surface area contributed by atoms with Crippen LogP contribution in [0.4, 0.5) is 4.39 Å². The molecule has 0 spiro atoms. The highest BCUT2D eigenvalue weighted by molar-refractivity contribution is 7.46. The van der Waals surface area contributed by atoms with Gasteiger partial charge in [-0.3, -0.25) is 14.1 Å². The first-order chi connectivity index (χ1) is 10.9. The molecule has 0 aromatic carbocycles. The lowest BCUT2D eigenvalue weighted by molar-refractivity contribution is -0.143. The number of carbonyl (C=O) groups is 2. The van der Waals surface area contributed by atoms with Crippen molar-refractivity contribution in [3.8, 4) is 0 Å². The summed E-state index contributed by atoms with van der Waals surface area (Å²) in [4.78, 5) is 40.7. The molecule has 1 aliphatic heterocycles. The van der Waals surface area contributed by atoms with Crippen molar-refractivity contribution in [1.82, 2.24) is 0 Å². The Balaban J connectivity index is 2.32. The van der Waals surface area contributed by atoms with Crippen LogP contribution < -0.4 is 0 Å². The van der Waals surface area contributed by atoms with Crippen molar-refractivity contribution in [1.29, 1.82) is 0 Å². The predicted molar refractivity (Wildman–Crippen MR) is 75.5 cm³/mol. The number of Topliss-reactive ketones (excluding diaryl/α,β-unsaturated/α-hetero) is 1. The Morgan fingerprint density at radius 1 is 1.46 bits per heavy atom. The third kappa shape index (κ3) is 3.50. The van der Waals surface area contributed by atoms with Gasteiger partial charge in [0.1, 0.15) is 35.9 Å². The standard InChI is InChI=1S/C13H18FO9P/c1-12(18)10(8-3-2-7(15)4-9(8)16)23-13(5-14,11(12)17)6-22-24(19,20)21/h2-3,8,10-11,17-18H,4-6H2,1H3,(H2,19,20,21)/t8?,10-,11-,12-,13+/m0/s1. The molecule has 136 valence electrons. The smallest absolute Gasteiger partial charge is 0.387 e. The van der Waals surface area contributed by atoms with Crippen LogP contribution in [0.1, 0.15) is 13.3 Å². The summed E-state index contributed by atoms with van der Waals surface area (Å²) in [6.07, 6.45) is -1.45. The van der Waals surface area contributed by atoms with Gasteiger partial charge in [0, 0.05) is 0 Å². The molecule has 1 unspecified atom stereocenters. The highest BCUT2D eigenvalue weighted by atomic mass is 31.2. The number of phosphoric acid groups is 1. The number of halogens is 1. The third-order valence-electron chi connectivity index (χ3n) is 4.23. The number of alkyl halides is 1. The van der Waals surface area contributed by atoms with Gasteiger partial charge in [0.15, 0.2) is 5.78 Å². The zero-order valence-corrected chi connectivity index (χ0v) is 13.6. The number of rotatable bonds is 5. The Morgan fingerprint density at radius 2 is 2.08 bits per heavy atom. The molecule has 9 nitrogen and oxygen atoms in total. The van der Waals surface area contributed by atoms with Crippen molar-refractivity contribution in [2.75, 3.05) is 13.3 Å². The van der Waals surface area contributed by atoms with E-state index in [-0.39, 0.29) is 0 Å². The monoisotopic (exact) mass is 368 g/mol. The van der Waals surface area contributed by atoms with Gasteiger partial charge in [-0.2, -0.15) is 0 Å². The van der Waals surface area contributed by atoms with E-state index in [2.05, 4.69) is 4.52 Å². The van der Waals surface area contributed by atoms with Crippen molar-refractivity contribution < 1.29 is 47.8 Å². The zero-order valence-electron chi connectivity index (χ0n) is 12.7. The highest BCUT2D eigenvalue weighted by Gasteiger charge is 2.64. The lowest BCUT2D eigenvalue weighted by atomic mass is 9.78. The molecule has 4 N–H and O–H groups in total. The van der Waals surface area contributed by atoms with Gasteiger partial charge < -0.3 is 24.7 Å². The number of allylic oxidation sites excluding steroid dienone is 1. The maximum atomic E-state index is 13.5. The molecule has 1 saturated heterocycles. The molecule has 0 amide bonds. The molecule has 1 aliphatic carbocycles. The van der Waals surface area contributed by atoms with Gasteiger partial charge in [-0.25, -0.2) is 8.96 Å². The van der Waals surface area contributed by atoms with Crippen LogP contribution in [-0.2, 0) is 23.4 Å². The van der Waals surface area contributed by atoms with Gasteiger partial charge in [0.05, 0.1) is 18.9 Å². The number of ketones is 2. The Morgan fingerprint density at radius 3 is 2.58 bits per heavy atom. The molecule has 1 heterocycles. The maximum Gasteiger partial charge on any atom is 0.469 e. The van der Waals surface area contributed by atoms with E-state index >= 15 is 0 Å². The van der Waals surface area contributed by atoms with E-state index < -0.39 is 68.4 Å². The van der Waals surface area contributed by atoms with E-state index in [9.17, 15) is 28.8 Å². The van der Waals surface area contributed by atoms with Crippen LogP contribution in [0.2, 0.25) is 0 Å². The van der Waals surface area contributed by atoms with Gasteiger partial charge in [0.25, 0.3) is 0 Å². The van der Waals surface area contributed by atoms with E-state index in [0.717, 1.165) is 13.0 Å². The van der Waals surface area contributed by atoms with Gasteiger partial charge in [-0.1, -0.05) is 6.08 Å². The minimum absolute atomic E-state index is 0.422. The third-order valence-corrected chi connectivity index (χ3v) is 4.69. The second-order valence-corrected chi connectivity index (χ2v) is 7.36. The Labute approximate surface area is 136 Å². The summed E-state index contributed by atoms with van der Waals surface area (Å²) in [6, 6.07) is 0. The molecule has 0 aromatic rings. The summed E-state index contributed by atoms with van der Waals surface area (Å²) in [6.45, 7) is -1.36. The molecular formula is C13H18FO9P. The Bertz CT molecular complexity index is 613. The molecule has 5 atom stereocenters. The normalized spacial score (nSPS) is 40.3. The Kier molecular flexibility index (Phi) is 5.14. The van der Waals surface area contributed by atoms with Gasteiger partial charge >= 0.3 is 7.82 Å². The number of hydrogen-bond acceptors (Lipinski definition) is 7. The van der Waals surface area contributed by atoms with E-state index in [0.29, 0.717) is 0 Å². The second-order valence-electron chi connectivity index (χ2n) is 6.12. The summed E-state index contributed by atoms with van der Waals surface area (Å²) in [5.41, 5.74) is -4.37. The van der Waals surface area contributed by atoms with Crippen molar-refractivity contribution in [3.05, 3.63) is 12.2 Å². The average molecular weight is 368 g/mol. The topological polar surface area (TPSA) is 151 Å². The quantitative estimate of drug-likeness (QED) is 0.355. The number of aliphatic hydroxyl groups is 2. The highest BCUT2D eigenvalue weighted by Crippen LogP contribution is 2.46. The van der Waals surface area contributed by atoms with Gasteiger partial charge in [0.2, 0.25) is 0 Å². The summed E-state index contributed by atoms with van der Waals surface area (Å²) >= 11 is 0. The number of hydrogen-bond donors (Lipinski definition) is 4. The maximum absolute atomic E-state index is 13.5. The lowest BCUT2D eigenvalue weighted by Crippen LogP contribution is -2.54. The van der Waals surface area contributed by atoms with E-state index in [1.165, 1.54) is 6.08 Å². The van der Waals surface area contributed by atoms with E-state index in [4.69, 9.17) is 14.5 Å². The van der Waals surface area contributed by atoms with Crippen LogP contribution in [0, 0.1) is 5.92 Å². The van der Waals surface area contributed by atoms with Gasteiger partial charge in [-0.15, -0.1) is 0 Å². The van der Waals surface area contributed by atoms with Crippen LogP contribution in [0.25, 0.3) is 0 Å². The second kappa shape index (κ2) is 6.38. The lowest BCUT2D eigenvalue weighted by Gasteiger charge is -2.31. The Hall–Kier alpha value is -1.00. The number of ether oxygens (including phenoxy) is 1. The largest absolute Gasteiger partial charge is 0.469 e. The van der Waals surface area contributed by atoms with Crippen LogP contribution >= 0.6 is 7.82 Å². The molecule has 1 fully saturated rings. The first-order valence-electron chi connectivity index (χ1n) is 7.01. The fourth-order valence-corrected chi connectivity index (χ4v) is 3.33. The van der Waals surface area contributed by atoms with E-state index in [1.807, 2.05) is 0 Å². The molecule has 0 saturated carbocycles. The SMILES string of the molecule is C[C@@]1(O)[C@H](O)[C@@](CF)(COP(=O)(O)O)O[C@H]1C1C=CC(=O)CC1=O. The van der Waals surface area contributed by atoms with Crippen LogP contribution in [0.15, 0.2) is 12.2 Å². The fraction of sp³-hybridized carbons (Fsp3) is 0.692. The minimum Gasteiger partial charge on any atom is -0.387 e. The summed E-state index contributed by atoms with van der Waals surface area (Å²) in [5, 5.41) is 20.7. The first-order valence-corrected chi connectivity index (χ1v) is 8.54. The van der Waals surface area contributed by atoms with Crippen LogP contribution in [0.5, 0.6) is 0 Å². The van der Waals surface area contributed by atoms with Crippen LogP contribution in [-0.4, -0.2) is 68.3 Å². The molecule has 2 rings (SSSR count). The predicted octanol–water partition coefficient (Wildman–Crippen LogP) is -0.971. The molecule has 11 heteroatoms. The zero-order chi connectivity index (χ0) is 18.3. The average Bonchev–Trinajstić information content (AvgIpc) is 2.66. The van der Waals surface area contributed by atoms with Crippen LogP contribution in [0.3, 0.4) is 0 Å². The fourth-order valence-electron chi connectivity index (χ4n) is 2.95. The number of aliphatic hydroxyl groups excluding tert-OH is 1. The minimum atomic E-state index is -4.98. The number of phosphoric ester groups is 1. The summed E-state index contributed by atoms with van der Waals surface area (Å²) < 4.78 is 33.9. The van der Waals surface area contributed by atoms with Crippen molar-refractivity contribution >= 4 is 19.4 Å². The molecular weight excluding hydrogens is 350 g/mol. The molecule has 2 aliphatic rings. The van der Waals surface area contributed by atoms with E-state index in [1.54, 1.807) is 0 Å². The summed E-state index contributed by atoms with van der Waals surface area (Å²) in [7, 11) is -4.98. The van der Waals surface area contributed by atoms with Crippen molar-refractivity contribution in [2.24, 2.45) is 5.92 Å². The van der Waals surface area contributed by atoms with Crippen molar-refractivity contribution in [3.63, 3.8) is 0 Å².